The maximum atomic E-state index is 12.6. The number of thiazole rings is 1. The lowest BCUT2D eigenvalue weighted by atomic mass is 10.2. The van der Waals surface area contributed by atoms with Crippen LogP contribution in [0.2, 0.25) is 0 Å². The molecule has 32 heavy (non-hydrogen) atoms. The molecule has 2 heterocycles. The molecule has 9 heteroatoms. The average molecular weight is 490 g/mol. The van der Waals surface area contributed by atoms with Gasteiger partial charge in [0.1, 0.15) is 0 Å². The molecule has 0 spiro atoms. The van der Waals surface area contributed by atoms with Crippen molar-refractivity contribution in [3.05, 3.63) is 54.1 Å². The smallest absolute Gasteiger partial charge is 0.222 e. The van der Waals surface area contributed by atoms with Crippen LogP contribution >= 0.6 is 23.1 Å². The van der Waals surface area contributed by atoms with E-state index >= 15 is 0 Å². The minimum atomic E-state index is -3.21. The van der Waals surface area contributed by atoms with Gasteiger partial charge in [0.15, 0.2) is 15.0 Å². The molecule has 1 aliphatic heterocycles. The Morgan fingerprint density at radius 1 is 1.09 bits per heavy atom. The Morgan fingerprint density at radius 2 is 1.84 bits per heavy atom. The van der Waals surface area contributed by atoms with E-state index in [1.807, 2.05) is 35.2 Å². The third-order valence-corrected chi connectivity index (χ3v) is 9.05. The Bertz CT molecular complexity index is 1170. The number of hydrogen-bond donors (Lipinski definition) is 0. The lowest BCUT2D eigenvalue weighted by molar-refractivity contribution is -0.131. The summed E-state index contributed by atoms with van der Waals surface area (Å²) in [6.45, 7) is 2.77. The molecule has 4 rings (SSSR count). The molecule has 0 bridgehead atoms. The summed E-state index contributed by atoms with van der Waals surface area (Å²) < 4.78 is 25.8. The Morgan fingerprint density at radius 3 is 2.56 bits per heavy atom. The Kier molecular flexibility index (Phi) is 7.37. The van der Waals surface area contributed by atoms with Crippen LogP contribution in [0.25, 0.3) is 10.2 Å². The van der Waals surface area contributed by atoms with E-state index in [1.165, 1.54) is 9.60 Å². The van der Waals surface area contributed by atoms with Crippen molar-refractivity contribution in [2.75, 3.05) is 43.1 Å². The number of anilines is 1. The number of rotatable bonds is 8. The van der Waals surface area contributed by atoms with Crippen molar-refractivity contribution >= 4 is 54.2 Å². The molecule has 1 amide bonds. The van der Waals surface area contributed by atoms with E-state index in [1.54, 1.807) is 23.1 Å². The van der Waals surface area contributed by atoms with Gasteiger partial charge in [-0.25, -0.2) is 13.4 Å². The van der Waals surface area contributed by atoms with Crippen molar-refractivity contribution in [2.24, 2.45) is 0 Å². The average Bonchev–Trinajstić information content (AvgIpc) is 3.22. The number of aromatic nitrogens is 1. The highest BCUT2D eigenvalue weighted by atomic mass is 32.2. The van der Waals surface area contributed by atoms with Gasteiger partial charge in [-0.05, 0) is 36.4 Å². The standard InChI is InChI=1S/C23H27N3O3S3/c1-30-19-9-10-20-21(16-19)31-23(24-20)26-13-11-25(12-14-26)22(27)8-5-15-32(28,29)17-18-6-3-2-4-7-18/h2-4,6-7,9-10,16H,5,8,11-15,17H2,1H3. The molecule has 6 nitrogen and oxygen atoms in total. The third-order valence-electron chi connectivity index (χ3n) is 5.56. The van der Waals surface area contributed by atoms with E-state index in [0.717, 1.165) is 29.3 Å². The molecule has 1 aliphatic rings. The van der Waals surface area contributed by atoms with Gasteiger partial charge in [-0.2, -0.15) is 0 Å². The molecule has 2 aromatic carbocycles. The number of hydrogen-bond acceptors (Lipinski definition) is 7. The van der Waals surface area contributed by atoms with Crippen molar-refractivity contribution in [1.82, 2.24) is 9.88 Å². The van der Waals surface area contributed by atoms with E-state index in [2.05, 4.69) is 29.4 Å². The fraction of sp³-hybridized carbons (Fsp3) is 0.391. The Balaban J connectivity index is 1.25. The summed E-state index contributed by atoms with van der Waals surface area (Å²) in [4.78, 5) is 22.7. The molecule has 0 unspecified atom stereocenters. The molecule has 1 aromatic heterocycles. The fourth-order valence-corrected chi connectivity index (χ4v) is 6.80. The van der Waals surface area contributed by atoms with Crippen molar-refractivity contribution in [3.8, 4) is 0 Å². The van der Waals surface area contributed by atoms with Crippen LogP contribution in [-0.4, -0.2) is 62.4 Å². The zero-order chi connectivity index (χ0) is 22.6. The summed E-state index contributed by atoms with van der Waals surface area (Å²) in [7, 11) is -3.21. The molecule has 0 N–H and O–H groups in total. The van der Waals surface area contributed by atoms with Crippen LogP contribution in [0.1, 0.15) is 18.4 Å². The molecular formula is C23H27N3O3S3. The molecular weight excluding hydrogens is 462 g/mol. The molecule has 0 radical (unpaired) electrons. The summed E-state index contributed by atoms with van der Waals surface area (Å²) >= 11 is 3.42. The largest absolute Gasteiger partial charge is 0.345 e. The third kappa shape index (κ3) is 5.82. The molecule has 1 saturated heterocycles. The maximum Gasteiger partial charge on any atom is 0.222 e. The number of amides is 1. The van der Waals surface area contributed by atoms with E-state index in [4.69, 9.17) is 4.98 Å². The number of sulfone groups is 1. The van der Waals surface area contributed by atoms with Gasteiger partial charge >= 0.3 is 0 Å². The summed E-state index contributed by atoms with van der Waals surface area (Å²) in [6, 6.07) is 15.5. The van der Waals surface area contributed by atoms with Crippen molar-refractivity contribution in [2.45, 2.75) is 23.5 Å². The van der Waals surface area contributed by atoms with Crippen LogP contribution < -0.4 is 4.90 Å². The highest BCUT2D eigenvalue weighted by Gasteiger charge is 2.23. The quantitative estimate of drug-likeness (QED) is 0.445. The van der Waals surface area contributed by atoms with Crippen molar-refractivity contribution in [1.29, 1.82) is 0 Å². The highest BCUT2D eigenvalue weighted by molar-refractivity contribution is 7.98. The Labute approximate surface area is 197 Å². The van der Waals surface area contributed by atoms with Gasteiger partial charge < -0.3 is 9.80 Å². The minimum absolute atomic E-state index is 0.0291. The summed E-state index contributed by atoms with van der Waals surface area (Å²) in [6.07, 6.45) is 2.70. The maximum absolute atomic E-state index is 12.6. The van der Waals surface area contributed by atoms with E-state index in [-0.39, 0.29) is 23.8 Å². The fourth-order valence-electron chi connectivity index (χ4n) is 3.80. The van der Waals surface area contributed by atoms with Crippen LogP contribution in [-0.2, 0) is 20.4 Å². The molecule has 170 valence electrons. The highest BCUT2D eigenvalue weighted by Crippen LogP contribution is 2.32. The predicted octanol–water partition coefficient (Wildman–Crippen LogP) is 4.06. The van der Waals surface area contributed by atoms with Crippen LogP contribution in [0.5, 0.6) is 0 Å². The molecule has 0 saturated carbocycles. The zero-order valence-corrected chi connectivity index (χ0v) is 20.5. The van der Waals surface area contributed by atoms with Crippen LogP contribution in [0.3, 0.4) is 0 Å². The summed E-state index contributed by atoms with van der Waals surface area (Å²) in [5.74, 6) is 0.104. The first-order valence-corrected chi connectivity index (χ1v) is 14.5. The zero-order valence-electron chi connectivity index (χ0n) is 18.1. The SMILES string of the molecule is CSc1ccc2nc(N3CCN(C(=O)CCCS(=O)(=O)Cc4ccccc4)CC3)sc2c1. The van der Waals surface area contributed by atoms with Gasteiger partial charge in [-0.15, -0.1) is 11.8 Å². The molecule has 0 atom stereocenters. The van der Waals surface area contributed by atoms with Gasteiger partial charge in [-0.3, -0.25) is 4.79 Å². The summed E-state index contributed by atoms with van der Waals surface area (Å²) in [5.41, 5.74) is 1.80. The number of benzene rings is 2. The van der Waals surface area contributed by atoms with Gasteiger partial charge in [0.25, 0.3) is 0 Å². The first kappa shape index (κ1) is 23.1. The van der Waals surface area contributed by atoms with Gasteiger partial charge in [0.2, 0.25) is 5.91 Å². The van der Waals surface area contributed by atoms with E-state index in [9.17, 15) is 13.2 Å². The predicted molar refractivity (Wildman–Crippen MR) is 133 cm³/mol. The van der Waals surface area contributed by atoms with Gasteiger partial charge in [0, 0.05) is 37.5 Å². The Hall–Kier alpha value is -2.10. The van der Waals surface area contributed by atoms with Gasteiger partial charge in [-0.1, -0.05) is 41.7 Å². The number of thioether (sulfide) groups is 1. The second-order valence-electron chi connectivity index (χ2n) is 7.88. The van der Waals surface area contributed by atoms with Crippen molar-refractivity contribution < 1.29 is 13.2 Å². The second kappa shape index (κ2) is 10.2. The molecule has 3 aromatic rings. The summed E-state index contributed by atoms with van der Waals surface area (Å²) in [5, 5.41) is 0.998. The number of piperazine rings is 1. The molecule has 0 aliphatic carbocycles. The van der Waals surface area contributed by atoms with E-state index in [0.29, 0.717) is 19.5 Å². The van der Waals surface area contributed by atoms with Crippen LogP contribution in [0, 0.1) is 0 Å². The molecule has 1 fully saturated rings. The number of nitrogens with zero attached hydrogens (tertiary/aromatic N) is 3. The topological polar surface area (TPSA) is 70.6 Å². The van der Waals surface area contributed by atoms with E-state index < -0.39 is 9.84 Å². The second-order valence-corrected chi connectivity index (χ2v) is 12.0. The number of carbonyl (C=O) groups is 1. The van der Waals surface area contributed by atoms with Crippen LogP contribution in [0.15, 0.2) is 53.4 Å². The normalized spacial score (nSPS) is 14.8. The first-order chi connectivity index (χ1) is 15.4. The monoisotopic (exact) mass is 489 g/mol. The first-order valence-electron chi connectivity index (χ1n) is 10.7. The minimum Gasteiger partial charge on any atom is -0.345 e. The van der Waals surface area contributed by atoms with Crippen LogP contribution in [0.4, 0.5) is 5.13 Å². The van der Waals surface area contributed by atoms with Crippen molar-refractivity contribution in [3.63, 3.8) is 0 Å². The number of carbonyl (C=O) groups excluding carboxylic acids is 1. The lowest BCUT2D eigenvalue weighted by Gasteiger charge is -2.34. The van der Waals surface area contributed by atoms with Gasteiger partial charge in [0.05, 0.1) is 21.7 Å². The lowest BCUT2D eigenvalue weighted by Crippen LogP contribution is -2.48. The number of fused-ring (bicyclic) bond motifs is 1.